The van der Waals surface area contributed by atoms with E-state index in [9.17, 15) is 4.79 Å². The van der Waals surface area contributed by atoms with Crippen LogP contribution in [-0.4, -0.2) is 18.3 Å². The molecule has 4 heteroatoms. The van der Waals surface area contributed by atoms with Crippen LogP contribution < -0.4 is 5.56 Å². The Balaban J connectivity index is 2.54. The molecule has 1 aromatic heterocycles. The van der Waals surface area contributed by atoms with Crippen LogP contribution in [0, 0.1) is 0 Å². The first kappa shape index (κ1) is 13.8. The zero-order valence-corrected chi connectivity index (χ0v) is 11.6. The summed E-state index contributed by atoms with van der Waals surface area (Å²) in [4.78, 5) is 12.3. The van der Waals surface area contributed by atoms with Crippen LogP contribution in [0.15, 0.2) is 47.3 Å². The van der Waals surface area contributed by atoms with Gasteiger partial charge in [-0.15, -0.1) is 11.6 Å². The van der Waals surface area contributed by atoms with E-state index in [4.69, 9.17) is 16.3 Å². The van der Waals surface area contributed by atoms with Gasteiger partial charge in [0.1, 0.15) is 0 Å². The molecule has 0 atom stereocenters. The molecule has 2 aromatic rings. The van der Waals surface area contributed by atoms with E-state index in [0.717, 1.165) is 11.3 Å². The van der Waals surface area contributed by atoms with E-state index in [1.165, 1.54) is 0 Å². The van der Waals surface area contributed by atoms with E-state index in [1.807, 2.05) is 36.4 Å². The molecule has 100 valence electrons. The third kappa shape index (κ3) is 3.06. The summed E-state index contributed by atoms with van der Waals surface area (Å²) in [5.74, 6) is 0.223. The standard InChI is InChI=1S/C15H16ClNO2/c1-19-10-9-17-14(12-5-3-2-4-6-12)8-7-13(11-16)15(17)18/h2-8H,9-11H2,1H3. The maximum absolute atomic E-state index is 12.3. The van der Waals surface area contributed by atoms with Crippen molar-refractivity contribution in [1.29, 1.82) is 0 Å². The fraction of sp³-hybridized carbons (Fsp3) is 0.267. The monoisotopic (exact) mass is 277 g/mol. The van der Waals surface area contributed by atoms with Gasteiger partial charge in [0.05, 0.1) is 18.2 Å². The van der Waals surface area contributed by atoms with Crippen LogP contribution in [0.3, 0.4) is 0 Å². The minimum Gasteiger partial charge on any atom is -0.383 e. The molecule has 0 bridgehead atoms. The highest BCUT2D eigenvalue weighted by Crippen LogP contribution is 2.18. The van der Waals surface area contributed by atoms with E-state index in [2.05, 4.69) is 0 Å². The summed E-state index contributed by atoms with van der Waals surface area (Å²) >= 11 is 5.79. The van der Waals surface area contributed by atoms with Crippen molar-refractivity contribution in [3.8, 4) is 11.3 Å². The number of hydrogen-bond acceptors (Lipinski definition) is 2. The average Bonchev–Trinajstić information content (AvgIpc) is 2.46. The van der Waals surface area contributed by atoms with Crippen molar-refractivity contribution < 1.29 is 4.74 Å². The number of halogens is 1. The van der Waals surface area contributed by atoms with Crippen LogP contribution in [0.25, 0.3) is 11.3 Å². The molecule has 0 unspecified atom stereocenters. The zero-order chi connectivity index (χ0) is 13.7. The highest BCUT2D eigenvalue weighted by Gasteiger charge is 2.09. The molecule has 0 aliphatic heterocycles. The van der Waals surface area contributed by atoms with Crippen LogP contribution in [0.1, 0.15) is 5.56 Å². The summed E-state index contributed by atoms with van der Waals surface area (Å²) < 4.78 is 6.79. The van der Waals surface area contributed by atoms with Gasteiger partial charge >= 0.3 is 0 Å². The molecule has 0 spiro atoms. The predicted octanol–water partition coefficient (Wildman–Crippen LogP) is 2.90. The smallest absolute Gasteiger partial charge is 0.255 e. The summed E-state index contributed by atoms with van der Waals surface area (Å²) in [7, 11) is 1.62. The Morgan fingerprint density at radius 3 is 2.53 bits per heavy atom. The van der Waals surface area contributed by atoms with E-state index in [0.29, 0.717) is 18.7 Å². The van der Waals surface area contributed by atoms with Gasteiger partial charge < -0.3 is 9.30 Å². The van der Waals surface area contributed by atoms with Gasteiger partial charge in [0.15, 0.2) is 0 Å². The number of aromatic nitrogens is 1. The van der Waals surface area contributed by atoms with Gasteiger partial charge in [-0.05, 0) is 11.6 Å². The predicted molar refractivity (Wildman–Crippen MR) is 77.6 cm³/mol. The first-order valence-corrected chi connectivity index (χ1v) is 6.64. The summed E-state index contributed by atoms with van der Waals surface area (Å²) in [5.41, 5.74) is 2.46. The number of hydrogen-bond donors (Lipinski definition) is 0. The first-order valence-electron chi connectivity index (χ1n) is 6.11. The summed E-state index contributed by atoms with van der Waals surface area (Å²) in [6.07, 6.45) is 0. The maximum Gasteiger partial charge on any atom is 0.255 e. The van der Waals surface area contributed by atoms with Crippen molar-refractivity contribution >= 4 is 11.6 Å². The normalized spacial score (nSPS) is 10.6. The van der Waals surface area contributed by atoms with Crippen LogP contribution >= 0.6 is 11.6 Å². The minimum absolute atomic E-state index is 0.0478. The largest absolute Gasteiger partial charge is 0.383 e. The number of rotatable bonds is 5. The van der Waals surface area contributed by atoms with Crippen molar-refractivity contribution in [3.63, 3.8) is 0 Å². The van der Waals surface area contributed by atoms with Gasteiger partial charge in [0, 0.05) is 19.2 Å². The molecule has 1 heterocycles. The topological polar surface area (TPSA) is 31.2 Å². The summed E-state index contributed by atoms with van der Waals surface area (Å²) in [5, 5.41) is 0. The lowest BCUT2D eigenvalue weighted by molar-refractivity contribution is 0.186. The van der Waals surface area contributed by atoms with Gasteiger partial charge in [-0.25, -0.2) is 0 Å². The Morgan fingerprint density at radius 1 is 1.16 bits per heavy atom. The Morgan fingerprint density at radius 2 is 1.89 bits per heavy atom. The highest BCUT2D eigenvalue weighted by atomic mass is 35.5. The average molecular weight is 278 g/mol. The quantitative estimate of drug-likeness (QED) is 0.787. The second-order valence-electron chi connectivity index (χ2n) is 4.19. The Kier molecular flexibility index (Phi) is 4.77. The lowest BCUT2D eigenvalue weighted by Gasteiger charge is -2.14. The molecule has 0 N–H and O–H groups in total. The number of benzene rings is 1. The molecule has 0 aliphatic carbocycles. The molecule has 1 aromatic carbocycles. The molecule has 0 aliphatic rings. The molecule has 19 heavy (non-hydrogen) atoms. The maximum atomic E-state index is 12.3. The Bertz CT molecular complexity index is 593. The lowest BCUT2D eigenvalue weighted by Crippen LogP contribution is -2.26. The van der Waals surface area contributed by atoms with Gasteiger partial charge in [0.25, 0.3) is 5.56 Å². The second kappa shape index (κ2) is 6.55. The molecule has 0 amide bonds. The highest BCUT2D eigenvalue weighted by molar-refractivity contribution is 6.17. The van der Waals surface area contributed by atoms with Crippen molar-refractivity contribution in [2.75, 3.05) is 13.7 Å². The van der Waals surface area contributed by atoms with Crippen molar-refractivity contribution in [1.82, 2.24) is 4.57 Å². The number of nitrogens with zero attached hydrogens (tertiary/aromatic N) is 1. The van der Waals surface area contributed by atoms with Crippen LogP contribution in [0.4, 0.5) is 0 Å². The van der Waals surface area contributed by atoms with Gasteiger partial charge in [-0.3, -0.25) is 4.79 Å². The van der Waals surface area contributed by atoms with Crippen molar-refractivity contribution in [2.24, 2.45) is 0 Å². The van der Waals surface area contributed by atoms with Crippen LogP contribution in [0.5, 0.6) is 0 Å². The van der Waals surface area contributed by atoms with Gasteiger partial charge in [-0.2, -0.15) is 0 Å². The second-order valence-corrected chi connectivity index (χ2v) is 4.46. The van der Waals surface area contributed by atoms with E-state index >= 15 is 0 Å². The van der Waals surface area contributed by atoms with Gasteiger partial charge in [0.2, 0.25) is 0 Å². The summed E-state index contributed by atoms with van der Waals surface area (Å²) in [6, 6.07) is 13.6. The number of ether oxygens (including phenoxy) is 1. The lowest BCUT2D eigenvalue weighted by atomic mass is 10.1. The third-order valence-corrected chi connectivity index (χ3v) is 3.27. The molecular formula is C15H16ClNO2. The first-order chi connectivity index (χ1) is 9.27. The Labute approximate surface area is 117 Å². The fourth-order valence-electron chi connectivity index (χ4n) is 1.99. The number of pyridine rings is 1. The molecule has 3 nitrogen and oxygen atoms in total. The number of alkyl halides is 1. The third-order valence-electron chi connectivity index (χ3n) is 2.99. The van der Waals surface area contributed by atoms with Crippen molar-refractivity contribution in [3.05, 3.63) is 58.4 Å². The molecule has 0 fully saturated rings. The summed E-state index contributed by atoms with van der Waals surface area (Å²) in [6.45, 7) is 1.01. The Hall–Kier alpha value is -1.58. The molecule has 0 radical (unpaired) electrons. The van der Waals surface area contributed by atoms with Crippen molar-refractivity contribution in [2.45, 2.75) is 12.4 Å². The van der Waals surface area contributed by atoms with E-state index in [1.54, 1.807) is 17.7 Å². The van der Waals surface area contributed by atoms with E-state index in [-0.39, 0.29) is 11.4 Å². The van der Waals surface area contributed by atoms with Crippen LogP contribution in [0.2, 0.25) is 0 Å². The number of methoxy groups -OCH3 is 1. The van der Waals surface area contributed by atoms with Gasteiger partial charge in [-0.1, -0.05) is 36.4 Å². The zero-order valence-electron chi connectivity index (χ0n) is 10.8. The molecular weight excluding hydrogens is 262 g/mol. The minimum atomic E-state index is -0.0478. The van der Waals surface area contributed by atoms with Crippen LogP contribution in [-0.2, 0) is 17.2 Å². The molecule has 2 rings (SSSR count). The molecule has 0 saturated carbocycles. The van der Waals surface area contributed by atoms with E-state index < -0.39 is 0 Å². The molecule has 0 saturated heterocycles. The SMILES string of the molecule is COCCn1c(-c2ccccc2)ccc(CCl)c1=O. The fourth-order valence-corrected chi connectivity index (χ4v) is 2.19.